The second-order valence-electron chi connectivity index (χ2n) is 17.1. The van der Waals surface area contributed by atoms with E-state index in [1.165, 1.54) is 36.4 Å². The third-order valence-corrected chi connectivity index (χ3v) is 16.8. The van der Waals surface area contributed by atoms with E-state index in [9.17, 15) is 98.2 Å². The number of rotatable bonds is 18. The molecule has 39 heteroatoms. The molecule has 0 saturated heterocycles. The van der Waals surface area contributed by atoms with Gasteiger partial charge in [-0.3, -0.25) is 27.3 Å². The maximum Gasteiger partial charge on any atom is 0.296 e. The fourth-order valence-corrected chi connectivity index (χ4v) is 11.4. The van der Waals surface area contributed by atoms with Crippen LogP contribution in [0.2, 0.25) is 0 Å². The number of phenols is 4. The fourth-order valence-electron chi connectivity index (χ4n) is 7.66. The van der Waals surface area contributed by atoms with Gasteiger partial charge >= 0.3 is 0 Å². The summed E-state index contributed by atoms with van der Waals surface area (Å²) in [7, 11) is -28.4. The van der Waals surface area contributed by atoms with Crippen molar-refractivity contribution in [1.29, 1.82) is 0 Å². The van der Waals surface area contributed by atoms with E-state index < -0.39 is 147 Å². The molecule has 0 saturated carbocycles. The Kier molecular flexibility index (Phi) is 16.5. The fraction of sp³-hybridized carbons (Fsp3) is 0.0435. The molecule has 0 aliphatic heterocycles. The molecule has 0 aliphatic carbocycles. The van der Waals surface area contributed by atoms with Gasteiger partial charge in [0.15, 0.2) is 11.5 Å². The van der Waals surface area contributed by atoms with Crippen LogP contribution in [0, 0.1) is 0 Å². The number of anilines is 2. The normalized spacial score (nSPS) is 13.0. The molecular formula is C46H35N9O24S6. The van der Waals surface area contributed by atoms with Gasteiger partial charge in [0.05, 0.1) is 24.0 Å². The zero-order valence-corrected chi connectivity index (χ0v) is 47.0. The summed E-state index contributed by atoms with van der Waals surface area (Å²) in [5, 5.41) is 77.2. The van der Waals surface area contributed by atoms with Crippen LogP contribution >= 0.6 is 0 Å². The van der Waals surface area contributed by atoms with Crippen molar-refractivity contribution in [3.63, 3.8) is 0 Å². The van der Waals surface area contributed by atoms with Crippen LogP contribution in [0.3, 0.4) is 0 Å². The number of fused-ring (bicyclic) bond motifs is 2. The lowest BCUT2D eigenvalue weighted by Crippen LogP contribution is -2.03. The van der Waals surface area contributed by atoms with Gasteiger partial charge in [-0.05, 0) is 95.7 Å². The number of nitrogens with one attached hydrogen (secondary N) is 1. The molecule has 0 unspecified atom stereocenters. The minimum atomic E-state index is -5.24. The lowest BCUT2D eigenvalue weighted by Gasteiger charge is -2.13. The monoisotopic (exact) mass is 1290 g/mol. The predicted molar refractivity (Wildman–Crippen MR) is 292 cm³/mol. The predicted octanol–water partition coefficient (Wildman–Crippen LogP) is 9.72. The molecule has 33 nitrogen and oxygen atoms in total. The highest BCUT2D eigenvalue weighted by Crippen LogP contribution is 2.48. The summed E-state index contributed by atoms with van der Waals surface area (Å²) in [6.07, 6.45) is 0. The lowest BCUT2D eigenvalue weighted by molar-refractivity contribution is 0.413. The third-order valence-electron chi connectivity index (χ3n) is 11.6. The summed E-state index contributed by atoms with van der Waals surface area (Å²) in [5.41, 5.74) is -4.15. The molecule has 8 aromatic rings. The lowest BCUT2D eigenvalue weighted by atomic mass is 10.1. The highest BCUT2D eigenvalue weighted by atomic mass is 32.2. The SMILES string of the molecule is COc1cc(N=Nc2c(S(=O)(=O)O)cc3cc(Nc4ccc5c(O)c(N=Nc6cc(OC)c(N=Nc7ccc(S(=O)(=O)O)cc7S(=O)(=O)O)cc6O)c(S(=O)(=O)O)cc5c4)ccc3c2O)c(O)cc1N=Nc1ccc(S(=O)(=O)O)cc1S(=O)(=O)O. The van der Waals surface area contributed by atoms with Gasteiger partial charge < -0.3 is 35.2 Å². The second-order valence-corrected chi connectivity index (χ2v) is 25.5. The van der Waals surface area contributed by atoms with E-state index in [0.717, 1.165) is 74.9 Å². The second kappa shape index (κ2) is 22.7. The van der Waals surface area contributed by atoms with Gasteiger partial charge in [-0.25, -0.2) is 0 Å². The average Bonchev–Trinajstić information content (AvgIpc) is 1.55. The van der Waals surface area contributed by atoms with Crippen LogP contribution in [0.15, 0.2) is 179 Å². The van der Waals surface area contributed by atoms with E-state index in [4.69, 9.17) is 9.47 Å². The highest BCUT2D eigenvalue weighted by molar-refractivity contribution is 7.87. The van der Waals surface area contributed by atoms with E-state index in [0.29, 0.717) is 12.1 Å². The zero-order valence-electron chi connectivity index (χ0n) is 42.1. The van der Waals surface area contributed by atoms with Crippen LogP contribution < -0.4 is 14.8 Å². The minimum Gasteiger partial charge on any atom is -0.506 e. The molecule has 85 heavy (non-hydrogen) atoms. The number of hydrogen-bond acceptors (Lipinski definition) is 27. The molecule has 8 rings (SSSR count). The van der Waals surface area contributed by atoms with Crippen LogP contribution in [0.5, 0.6) is 34.5 Å². The summed E-state index contributed by atoms with van der Waals surface area (Å²) in [6.45, 7) is 0. The molecule has 0 bridgehead atoms. The summed E-state index contributed by atoms with van der Waals surface area (Å²) >= 11 is 0. The van der Waals surface area contributed by atoms with E-state index in [2.05, 4.69) is 46.2 Å². The topological polar surface area (TPSA) is 537 Å². The standard InChI is InChI=1S/C46H35N9O24S6/c1-78-37-19-31(35(56)17-33(37)52-48-29-9-5-25(80(60,61)62)15-39(29)82(66,67)68)50-54-43-41(84(72,73)74)13-21-11-23(3-7-27(21)45(43)58)47-24-4-8-28-22(12-24)14-42(85(75,76)77)44(46(28)59)55-51-32-20-38(79-2)34(18-36(32)57)53-49-30-10-6-26(81(63,64)65)16-40(30)83(69,70)71/h3-20,47,56-59H,1-2H3,(H,60,61,62)(H,63,64,65)(H,66,67,68)(H,69,70,71)(H,72,73,74)(H,75,76,77). The largest absolute Gasteiger partial charge is 0.506 e. The Morgan fingerprint density at radius 2 is 0.671 bits per heavy atom. The number of benzene rings is 8. The number of hydrogen-bond donors (Lipinski definition) is 11. The van der Waals surface area contributed by atoms with Crippen LogP contribution in [0.4, 0.5) is 56.9 Å². The number of azo groups is 4. The molecule has 0 fully saturated rings. The van der Waals surface area contributed by atoms with Crippen LogP contribution in [0.25, 0.3) is 21.5 Å². The van der Waals surface area contributed by atoms with E-state index in [1.54, 1.807) is 0 Å². The number of nitrogens with zero attached hydrogens (tertiary/aromatic N) is 8. The highest BCUT2D eigenvalue weighted by Gasteiger charge is 2.27. The van der Waals surface area contributed by atoms with Gasteiger partial charge in [0, 0.05) is 46.4 Å². The van der Waals surface area contributed by atoms with Crippen molar-refractivity contribution in [3.05, 3.63) is 109 Å². The summed E-state index contributed by atoms with van der Waals surface area (Å²) in [4.78, 5) is -5.95. The van der Waals surface area contributed by atoms with Gasteiger partial charge in [-0.2, -0.15) is 50.5 Å². The Bertz CT molecular complexity index is 4700. The van der Waals surface area contributed by atoms with Crippen molar-refractivity contribution >= 4 is 139 Å². The van der Waals surface area contributed by atoms with Gasteiger partial charge in [0.2, 0.25) is 0 Å². The van der Waals surface area contributed by atoms with Crippen LogP contribution in [0.1, 0.15) is 0 Å². The van der Waals surface area contributed by atoms with Crippen molar-refractivity contribution in [2.24, 2.45) is 40.9 Å². The Morgan fingerprint density at radius 1 is 0.341 bits per heavy atom. The Labute approximate surface area is 477 Å². The zero-order chi connectivity index (χ0) is 62.5. The minimum absolute atomic E-state index is 0.0384. The quantitative estimate of drug-likeness (QED) is 0.0281. The molecule has 0 aliphatic rings. The smallest absolute Gasteiger partial charge is 0.296 e. The maximum absolute atomic E-state index is 12.7. The Morgan fingerprint density at radius 3 is 0.988 bits per heavy atom. The first-order valence-corrected chi connectivity index (χ1v) is 31.1. The number of phenolic OH excluding ortho intramolecular Hbond substituents is 4. The van der Waals surface area contributed by atoms with Crippen molar-refractivity contribution in [1.82, 2.24) is 0 Å². The van der Waals surface area contributed by atoms with Crippen molar-refractivity contribution < 1.29 is 108 Å². The Balaban J connectivity index is 1.07. The first-order chi connectivity index (χ1) is 39.5. The van der Waals surface area contributed by atoms with Crippen LogP contribution in [-0.2, 0) is 60.7 Å². The van der Waals surface area contributed by atoms with E-state index in [1.807, 2.05) is 0 Å². The molecule has 444 valence electrons. The molecule has 11 N–H and O–H groups in total. The molecule has 0 radical (unpaired) electrons. The molecule has 0 heterocycles. The number of aromatic hydroxyl groups is 4. The Hall–Kier alpha value is -9.26. The van der Waals surface area contributed by atoms with E-state index >= 15 is 0 Å². The first kappa shape index (κ1) is 61.8. The van der Waals surface area contributed by atoms with Crippen molar-refractivity contribution in [2.75, 3.05) is 19.5 Å². The molecule has 0 spiro atoms. The summed E-state index contributed by atoms with van der Waals surface area (Å²) in [5.74, 6) is -3.71. The first-order valence-electron chi connectivity index (χ1n) is 22.4. The summed E-state index contributed by atoms with van der Waals surface area (Å²) in [6, 6.07) is 17.3. The van der Waals surface area contributed by atoms with Gasteiger partial charge in [0.1, 0.15) is 88.1 Å². The molecule has 0 atom stereocenters. The molecule has 0 aromatic heterocycles. The van der Waals surface area contributed by atoms with Gasteiger partial charge in [0.25, 0.3) is 60.7 Å². The van der Waals surface area contributed by atoms with Crippen molar-refractivity contribution in [2.45, 2.75) is 29.4 Å². The van der Waals surface area contributed by atoms with E-state index in [-0.39, 0.29) is 55.8 Å². The maximum atomic E-state index is 12.7. The number of methoxy groups -OCH3 is 2. The summed E-state index contributed by atoms with van der Waals surface area (Å²) < 4.78 is 214. The molecule has 0 amide bonds. The number of ether oxygens (including phenoxy) is 2. The van der Waals surface area contributed by atoms with Gasteiger partial charge in [-0.15, -0.1) is 40.9 Å². The third kappa shape index (κ3) is 13.6. The average molecular weight is 1290 g/mol. The van der Waals surface area contributed by atoms with Crippen molar-refractivity contribution in [3.8, 4) is 34.5 Å². The molecule has 8 aromatic carbocycles. The molecular weight excluding hydrogens is 1250 g/mol. The van der Waals surface area contributed by atoms with Crippen LogP contribution in [-0.4, -0.2) is 112 Å². The van der Waals surface area contributed by atoms with Gasteiger partial charge in [-0.1, -0.05) is 0 Å².